The first-order valence-electron chi connectivity index (χ1n) is 10.6. The van der Waals surface area contributed by atoms with E-state index in [0.29, 0.717) is 31.9 Å². The van der Waals surface area contributed by atoms with Crippen LogP contribution in [-0.4, -0.2) is 62.0 Å². The number of rotatable bonds is 6. The predicted molar refractivity (Wildman–Crippen MR) is 122 cm³/mol. The molecule has 13 heteroatoms. The van der Waals surface area contributed by atoms with Crippen LogP contribution in [0.15, 0.2) is 52.3 Å². The highest BCUT2D eigenvalue weighted by Gasteiger charge is 2.29. The van der Waals surface area contributed by atoms with Crippen molar-refractivity contribution >= 4 is 17.7 Å². The Morgan fingerprint density at radius 1 is 1.20 bits per heavy atom. The van der Waals surface area contributed by atoms with Crippen LogP contribution in [0.3, 0.4) is 0 Å². The Hall–Kier alpha value is -3.29. The number of halogens is 3. The molecule has 2 N–H and O–H groups in total. The third kappa shape index (κ3) is 5.86. The fraction of sp³-hybridized carbons (Fsp3) is 0.318. The second-order valence-electron chi connectivity index (χ2n) is 7.74. The SMILES string of the molecule is Cc1c(O)n(-c2ccc(SC(F)(F)F)cc2)c(=O)n1Cc1ccnc(C(=O)NN2CCOCC2)c1. The Balaban J connectivity index is 1.55. The average Bonchev–Trinajstić information content (AvgIpc) is 3.03. The maximum atomic E-state index is 13.1. The third-order valence-electron chi connectivity index (χ3n) is 5.36. The van der Waals surface area contributed by atoms with Crippen LogP contribution in [0.1, 0.15) is 21.7 Å². The minimum absolute atomic E-state index is 0.0374. The van der Waals surface area contributed by atoms with Crippen LogP contribution < -0.4 is 11.1 Å². The van der Waals surface area contributed by atoms with E-state index in [4.69, 9.17) is 4.74 Å². The van der Waals surface area contributed by atoms with Gasteiger partial charge in [-0.25, -0.2) is 14.4 Å². The molecule has 1 saturated heterocycles. The number of aromatic hydroxyl groups is 1. The number of hydrogen-bond acceptors (Lipinski definition) is 7. The molecular formula is C22H22F3N5O4S. The number of amides is 1. The Labute approximate surface area is 202 Å². The highest BCUT2D eigenvalue weighted by atomic mass is 32.2. The lowest BCUT2D eigenvalue weighted by molar-refractivity contribution is -0.0328. The summed E-state index contributed by atoms with van der Waals surface area (Å²) >= 11 is -0.265. The van der Waals surface area contributed by atoms with Crippen LogP contribution in [0.4, 0.5) is 13.2 Å². The Bertz CT molecular complexity index is 1270. The number of carbonyl (C=O) groups is 1. The lowest BCUT2D eigenvalue weighted by Crippen LogP contribution is -2.48. The Morgan fingerprint density at radius 3 is 2.54 bits per heavy atom. The summed E-state index contributed by atoms with van der Waals surface area (Å²) in [6.45, 7) is 3.74. The Kier molecular flexibility index (Phi) is 7.19. The molecule has 1 fully saturated rings. The number of hydrazine groups is 1. The van der Waals surface area contributed by atoms with Crippen molar-refractivity contribution < 1.29 is 27.8 Å². The summed E-state index contributed by atoms with van der Waals surface area (Å²) in [5, 5.41) is 12.3. The molecule has 9 nitrogen and oxygen atoms in total. The molecule has 4 rings (SSSR count). The van der Waals surface area contributed by atoms with Gasteiger partial charge in [-0.2, -0.15) is 13.2 Å². The van der Waals surface area contributed by atoms with Gasteiger partial charge in [-0.05, 0) is 60.6 Å². The zero-order valence-electron chi connectivity index (χ0n) is 18.6. The number of morpholine rings is 1. The van der Waals surface area contributed by atoms with Gasteiger partial charge < -0.3 is 9.84 Å². The van der Waals surface area contributed by atoms with Crippen LogP contribution >= 0.6 is 11.8 Å². The first kappa shape index (κ1) is 24.8. The van der Waals surface area contributed by atoms with E-state index in [1.54, 1.807) is 24.1 Å². The molecule has 0 unspecified atom stereocenters. The molecule has 0 saturated carbocycles. The van der Waals surface area contributed by atoms with Crippen LogP contribution in [0.25, 0.3) is 5.69 Å². The number of benzene rings is 1. The van der Waals surface area contributed by atoms with Gasteiger partial charge in [0.2, 0.25) is 5.88 Å². The van der Waals surface area contributed by atoms with Gasteiger partial charge in [0.1, 0.15) is 5.69 Å². The van der Waals surface area contributed by atoms with Gasteiger partial charge >= 0.3 is 11.2 Å². The fourth-order valence-corrected chi connectivity index (χ4v) is 4.15. The molecule has 0 atom stereocenters. The monoisotopic (exact) mass is 509 g/mol. The Morgan fingerprint density at radius 2 is 1.89 bits per heavy atom. The predicted octanol–water partition coefficient (Wildman–Crippen LogP) is 2.69. The summed E-state index contributed by atoms with van der Waals surface area (Å²) in [6, 6.07) is 8.33. The number of nitrogens with zero attached hydrogens (tertiary/aromatic N) is 4. The van der Waals surface area contributed by atoms with E-state index in [9.17, 15) is 27.9 Å². The summed E-state index contributed by atoms with van der Waals surface area (Å²) < 4.78 is 45.3. The van der Waals surface area contributed by atoms with E-state index < -0.39 is 17.1 Å². The van der Waals surface area contributed by atoms with Gasteiger partial charge in [0.15, 0.2) is 0 Å². The number of thioether (sulfide) groups is 1. The van der Waals surface area contributed by atoms with Crippen LogP contribution in [0, 0.1) is 6.92 Å². The van der Waals surface area contributed by atoms with E-state index in [1.807, 2.05) is 0 Å². The van der Waals surface area contributed by atoms with Gasteiger partial charge in [0.25, 0.3) is 5.91 Å². The van der Waals surface area contributed by atoms with E-state index >= 15 is 0 Å². The van der Waals surface area contributed by atoms with Crippen molar-refractivity contribution in [2.75, 3.05) is 26.3 Å². The molecule has 0 spiro atoms. The molecule has 0 radical (unpaired) electrons. The number of ether oxygens (including phenoxy) is 1. The largest absolute Gasteiger partial charge is 0.493 e. The van der Waals surface area contributed by atoms with Gasteiger partial charge in [-0.3, -0.25) is 19.8 Å². The van der Waals surface area contributed by atoms with Gasteiger partial charge in [-0.15, -0.1) is 0 Å². The van der Waals surface area contributed by atoms with E-state index in [1.165, 1.54) is 35.0 Å². The number of alkyl halides is 3. The summed E-state index contributed by atoms with van der Waals surface area (Å²) in [7, 11) is 0. The van der Waals surface area contributed by atoms with Crippen molar-refractivity contribution in [3.05, 3.63) is 70.0 Å². The van der Waals surface area contributed by atoms with E-state index in [-0.39, 0.29) is 46.2 Å². The quantitative estimate of drug-likeness (QED) is 0.493. The highest BCUT2D eigenvalue weighted by Crippen LogP contribution is 2.37. The molecule has 1 aliphatic rings. The standard InChI is InChI=1S/C22H22F3N5O4S/c1-14-20(32)30(16-2-4-17(5-3-16)35-22(23,24)25)21(33)29(14)13-15-6-7-26-18(12-15)19(31)27-28-8-10-34-11-9-28/h2-7,12,32H,8-11,13H2,1H3,(H,27,31). The summed E-state index contributed by atoms with van der Waals surface area (Å²) in [4.78, 5) is 29.7. The molecule has 35 heavy (non-hydrogen) atoms. The van der Waals surface area contributed by atoms with Crippen molar-refractivity contribution in [2.45, 2.75) is 23.9 Å². The second kappa shape index (κ2) is 10.1. The molecule has 1 aliphatic heterocycles. The zero-order chi connectivity index (χ0) is 25.2. The number of carbonyl (C=O) groups excluding carboxylic acids is 1. The van der Waals surface area contributed by atoms with E-state index in [2.05, 4.69) is 10.4 Å². The van der Waals surface area contributed by atoms with Crippen molar-refractivity contribution in [3.63, 3.8) is 0 Å². The molecule has 0 bridgehead atoms. The summed E-state index contributed by atoms with van der Waals surface area (Å²) in [5.74, 6) is -0.722. The smallest absolute Gasteiger partial charge is 0.446 e. The zero-order valence-corrected chi connectivity index (χ0v) is 19.4. The normalized spacial score (nSPS) is 14.7. The molecular weight excluding hydrogens is 487 g/mol. The molecule has 0 aliphatic carbocycles. The number of pyridine rings is 1. The lowest BCUT2D eigenvalue weighted by atomic mass is 10.2. The highest BCUT2D eigenvalue weighted by molar-refractivity contribution is 8.00. The number of aromatic nitrogens is 3. The molecule has 3 aromatic rings. The van der Waals surface area contributed by atoms with Crippen LogP contribution in [0.5, 0.6) is 5.88 Å². The number of nitrogens with one attached hydrogen (secondary N) is 1. The number of hydrogen-bond donors (Lipinski definition) is 2. The lowest BCUT2D eigenvalue weighted by Gasteiger charge is -2.26. The van der Waals surface area contributed by atoms with Gasteiger partial charge in [0, 0.05) is 24.2 Å². The topological polar surface area (TPSA) is 102 Å². The van der Waals surface area contributed by atoms with Crippen molar-refractivity contribution in [1.82, 2.24) is 24.6 Å². The molecule has 186 valence electrons. The van der Waals surface area contributed by atoms with Crippen molar-refractivity contribution in [3.8, 4) is 11.6 Å². The van der Waals surface area contributed by atoms with Gasteiger partial charge in [0.05, 0.1) is 31.1 Å². The first-order chi connectivity index (χ1) is 16.6. The minimum Gasteiger partial charge on any atom is -0.493 e. The molecule has 1 aromatic carbocycles. The molecule has 1 amide bonds. The van der Waals surface area contributed by atoms with E-state index in [0.717, 1.165) is 4.57 Å². The third-order valence-corrected chi connectivity index (χ3v) is 6.10. The maximum Gasteiger partial charge on any atom is 0.446 e. The van der Waals surface area contributed by atoms with Crippen molar-refractivity contribution in [1.29, 1.82) is 0 Å². The summed E-state index contributed by atoms with van der Waals surface area (Å²) in [5.41, 5.74) is -0.977. The van der Waals surface area contributed by atoms with Crippen LogP contribution in [-0.2, 0) is 11.3 Å². The minimum atomic E-state index is -4.43. The first-order valence-corrected chi connectivity index (χ1v) is 11.4. The van der Waals surface area contributed by atoms with Crippen LogP contribution in [0.2, 0.25) is 0 Å². The van der Waals surface area contributed by atoms with Gasteiger partial charge in [-0.1, -0.05) is 0 Å². The molecule has 2 aromatic heterocycles. The fourth-order valence-electron chi connectivity index (χ4n) is 3.61. The molecule has 3 heterocycles. The second-order valence-corrected chi connectivity index (χ2v) is 8.88. The van der Waals surface area contributed by atoms with Crippen molar-refractivity contribution in [2.24, 2.45) is 0 Å². The maximum absolute atomic E-state index is 13.1. The average molecular weight is 510 g/mol. The number of imidazole rings is 1. The summed E-state index contributed by atoms with van der Waals surface area (Å²) in [6.07, 6.45) is 1.46.